The number of aromatic nitrogens is 2. The second-order valence-electron chi connectivity index (χ2n) is 10.5. The molecule has 0 aromatic carbocycles. The summed E-state index contributed by atoms with van der Waals surface area (Å²) in [6.07, 6.45) is -3.66. The van der Waals surface area contributed by atoms with Gasteiger partial charge in [-0.15, -0.1) is 0 Å². The van der Waals surface area contributed by atoms with Gasteiger partial charge in [-0.3, -0.25) is 33.0 Å². The van der Waals surface area contributed by atoms with Gasteiger partial charge in [-0.1, -0.05) is 55.7 Å². The van der Waals surface area contributed by atoms with E-state index in [2.05, 4.69) is 10.1 Å². The Balaban J connectivity index is 2.19. The first-order chi connectivity index (χ1) is 18.3. The molecule has 0 radical (unpaired) electrons. The lowest BCUT2D eigenvalue weighted by Gasteiger charge is -2.25. The molecular weight excluding hydrogens is 612 g/mol. The molecule has 2 heterocycles. The number of halogens is 2. The van der Waals surface area contributed by atoms with Gasteiger partial charge in [-0.2, -0.15) is 0 Å². The molecule has 0 spiro atoms. The predicted molar refractivity (Wildman–Crippen MR) is 151 cm³/mol. The van der Waals surface area contributed by atoms with E-state index in [4.69, 9.17) is 41.7 Å². The molecule has 13 nitrogen and oxygen atoms in total. The molecular formula is C23H36Cl2N3O10PS. The zero-order chi connectivity index (χ0) is 30.6. The van der Waals surface area contributed by atoms with E-state index in [0.717, 1.165) is 16.3 Å². The molecule has 1 aliphatic heterocycles. The number of hydrogen-bond acceptors (Lipinski definition) is 11. The van der Waals surface area contributed by atoms with Gasteiger partial charge in [0.1, 0.15) is 18.2 Å². The van der Waals surface area contributed by atoms with Crippen LogP contribution in [0.25, 0.3) is 0 Å². The van der Waals surface area contributed by atoms with Crippen molar-refractivity contribution in [2.45, 2.75) is 83.4 Å². The van der Waals surface area contributed by atoms with E-state index < -0.39 is 71.9 Å². The number of aliphatic hydroxyl groups is 1. The van der Waals surface area contributed by atoms with Crippen molar-refractivity contribution in [3.63, 3.8) is 0 Å². The van der Waals surface area contributed by atoms with Crippen molar-refractivity contribution in [2.24, 2.45) is 5.41 Å². The number of H-pyrrole nitrogens is 1. The van der Waals surface area contributed by atoms with Gasteiger partial charge in [0, 0.05) is 22.9 Å². The summed E-state index contributed by atoms with van der Waals surface area (Å²) in [5.74, 6) is -0.577. The van der Waals surface area contributed by atoms with Gasteiger partial charge >= 0.3 is 19.4 Å². The smallest absolute Gasteiger partial charge is 0.406 e. The summed E-state index contributed by atoms with van der Waals surface area (Å²) < 4.78 is 34.3. The van der Waals surface area contributed by atoms with E-state index in [0.29, 0.717) is 0 Å². The predicted octanol–water partition coefficient (Wildman–Crippen LogP) is 2.65. The standard InChI is InChI=1S/C23H36Cl2N3O10PS/c1-12(2)37-18(31)14(4)27-39(34,35-8-9-40-20(32)22(5,6)7)36-11-15-16(29)23(24,25)19(38-15)28-10-13(3)17(30)26-21(28)33/h10,12,14-16,19,29H,8-9,11H2,1-7H3,(H,27,34)(H,26,30,33)/t14-,15+,16+,19+,39?/m0/s1. The van der Waals surface area contributed by atoms with E-state index >= 15 is 0 Å². The molecule has 5 atom stereocenters. The molecule has 1 unspecified atom stereocenters. The first kappa shape index (κ1) is 35.0. The quantitative estimate of drug-likeness (QED) is 0.131. The van der Waals surface area contributed by atoms with E-state index in [1.165, 1.54) is 20.0 Å². The third-order valence-corrected chi connectivity index (χ3v) is 9.21. The Morgan fingerprint density at radius 3 is 2.48 bits per heavy atom. The largest absolute Gasteiger partial charge is 0.462 e. The van der Waals surface area contributed by atoms with Crippen molar-refractivity contribution in [1.29, 1.82) is 0 Å². The number of alkyl halides is 2. The Bertz CT molecular complexity index is 1230. The molecule has 1 saturated heterocycles. The summed E-state index contributed by atoms with van der Waals surface area (Å²) in [7, 11) is -4.28. The number of aromatic amines is 1. The highest BCUT2D eigenvalue weighted by Crippen LogP contribution is 2.49. The lowest BCUT2D eigenvalue weighted by molar-refractivity contribution is -0.149. The van der Waals surface area contributed by atoms with E-state index in [-0.39, 0.29) is 23.0 Å². The maximum atomic E-state index is 13.6. The lowest BCUT2D eigenvalue weighted by atomic mass is 10.00. The topological polar surface area (TPSA) is 175 Å². The third kappa shape index (κ3) is 9.14. The van der Waals surface area contributed by atoms with Crippen LogP contribution in [0.2, 0.25) is 0 Å². The van der Waals surface area contributed by atoms with Crippen molar-refractivity contribution in [3.8, 4) is 0 Å². The number of carbonyl (C=O) groups excluding carboxylic acids is 2. The number of aryl methyl sites for hydroxylation is 1. The van der Waals surface area contributed by atoms with Crippen LogP contribution >= 0.6 is 42.7 Å². The maximum Gasteiger partial charge on any atom is 0.406 e. The van der Waals surface area contributed by atoms with Gasteiger partial charge in [0.05, 0.1) is 19.3 Å². The molecule has 0 amide bonds. The molecule has 3 N–H and O–H groups in total. The summed E-state index contributed by atoms with van der Waals surface area (Å²) in [6.45, 7) is 10.6. The van der Waals surface area contributed by atoms with E-state index in [1.807, 2.05) is 0 Å². The molecule has 40 heavy (non-hydrogen) atoms. The molecule has 1 aromatic heterocycles. The Kier molecular flexibility index (Phi) is 12.1. The zero-order valence-electron chi connectivity index (χ0n) is 23.3. The molecule has 17 heteroatoms. The minimum absolute atomic E-state index is 0.101. The number of nitrogens with one attached hydrogen (secondary N) is 2. The van der Waals surface area contributed by atoms with Crippen molar-refractivity contribution in [3.05, 3.63) is 32.6 Å². The molecule has 0 saturated carbocycles. The van der Waals surface area contributed by atoms with Gasteiger partial charge in [-0.25, -0.2) is 14.4 Å². The SMILES string of the molecule is Cc1cn([C@@H]2O[C@H](COP(=O)(N[C@@H](C)C(=O)OC(C)C)OCCSC(=O)C(C)(C)C)[C@@H](O)C2(Cl)Cl)c(=O)[nH]c1=O. The van der Waals surface area contributed by atoms with Crippen LogP contribution in [0.5, 0.6) is 0 Å². The van der Waals surface area contributed by atoms with Crippen LogP contribution in [0.15, 0.2) is 15.8 Å². The first-order valence-corrected chi connectivity index (χ1v) is 15.6. The van der Waals surface area contributed by atoms with Crippen LogP contribution in [0.3, 0.4) is 0 Å². The van der Waals surface area contributed by atoms with Crippen LogP contribution in [-0.4, -0.2) is 73.4 Å². The second kappa shape index (κ2) is 13.8. The fourth-order valence-corrected chi connectivity index (χ4v) is 6.26. The highest BCUT2D eigenvalue weighted by atomic mass is 35.5. The summed E-state index contributed by atoms with van der Waals surface area (Å²) in [4.78, 5) is 50.7. The monoisotopic (exact) mass is 647 g/mol. The first-order valence-electron chi connectivity index (χ1n) is 12.4. The minimum Gasteiger partial charge on any atom is -0.462 e. The number of hydrogen-bond donors (Lipinski definition) is 3. The molecule has 228 valence electrons. The van der Waals surface area contributed by atoms with E-state index in [1.54, 1.807) is 34.6 Å². The molecule has 0 aliphatic carbocycles. The van der Waals surface area contributed by atoms with Crippen molar-refractivity contribution < 1.29 is 37.8 Å². The van der Waals surface area contributed by atoms with Crippen LogP contribution in [-0.2, 0) is 32.7 Å². The van der Waals surface area contributed by atoms with Crippen molar-refractivity contribution in [1.82, 2.24) is 14.6 Å². The number of nitrogens with zero attached hydrogens (tertiary/aromatic N) is 1. The number of carbonyl (C=O) groups is 2. The minimum atomic E-state index is -4.28. The van der Waals surface area contributed by atoms with Gasteiger partial charge in [0.25, 0.3) is 5.56 Å². The summed E-state index contributed by atoms with van der Waals surface area (Å²) in [5, 5.41) is 13.1. The van der Waals surface area contributed by atoms with Gasteiger partial charge in [-0.05, 0) is 27.7 Å². The summed E-state index contributed by atoms with van der Waals surface area (Å²) in [6, 6.07) is -1.12. The van der Waals surface area contributed by atoms with Gasteiger partial charge in [0.2, 0.25) is 0 Å². The van der Waals surface area contributed by atoms with Crippen molar-refractivity contribution >= 4 is 53.8 Å². The average molecular weight is 648 g/mol. The normalized spacial score (nSPS) is 23.1. The number of thioether (sulfide) groups is 1. The van der Waals surface area contributed by atoms with Gasteiger partial charge < -0.3 is 14.6 Å². The molecule has 1 aromatic rings. The van der Waals surface area contributed by atoms with Crippen LogP contribution < -0.4 is 16.3 Å². The van der Waals surface area contributed by atoms with Gasteiger partial charge in [0.15, 0.2) is 15.7 Å². The van der Waals surface area contributed by atoms with Crippen LogP contribution in [0.1, 0.15) is 53.3 Å². The Hall–Kier alpha value is -1.22. The fraction of sp³-hybridized carbons (Fsp3) is 0.739. The second-order valence-corrected chi connectivity index (χ2v) is 14.8. The van der Waals surface area contributed by atoms with Crippen molar-refractivity contribution in [2.75, 3.05) is 19.0 Å². The number of ether oxygens (including phenoxy) is 2. The summed E-state index contributed by atoms with van der Waals surface area (Å²) >= 11 is 13.7. The highest BCUT2D eigenvalue weighted by Gasteiger charge is 2.56. The Morgan fingerprint density at radius 2 is 1.90 bits per heavy atom. The molecule has 1 fully saturated rings. The fourth-order valence-electron chi connectivity index (χ4n) is 3.28. The molecule has 2 rings (SSSR count). The lowest BCUT2D eigenvalue weighted by Crippen LogP contribution is -2.42. The number of rotatable bonds is 12. The number of aliphatic hydroxyl groups excluding tert-OH is 1. The average Bonchev–Trinajstić information content (AvgIpc) is 3.05. The van der Waals surface area contributed by atoms with E-state index in [9.17, 15) is 28.8 Å². The summed E-state index contributed by atoms with van der Waals surface area (Å²) in [5.41, 5.74) is -1.93. The number of esters is 1. The molecule has 1 aliphatic rings. The Labute approximate surface area is 246 Å². The van der Waals surface area contributed by atoms with Crippen LogP contribution in [0, 0.1) is 12.3 Å². The third-order valence-electron chi connectivity index (χ3n) is 5.43. The Morgan fingerprint density at radius 1 is 1.27 bits per heavy atom. The zero-order valence-corrected chi connectivity index (χ0v) is 26.5. The maximum absolute atomic E-state index is 13.6. The molecule has 0 bridgehead atoms. The van der Waals surface area contributed by atoms with Crippen LogP contribution in [0.4, 0.5) is 0 Å². The highest BCUT2D eigenvalue weighted by molar-refractivity contribution is 8.13.